The van der Waals surface area contributed by atoms with Crippen LogP contribution in [0.25, 0.3) is 5.57 Å². The fourth-order valence-corrected chi connectivity index (χ4v) is 0.519. The lowest BCUT2D eigenvalue weighted by atomic mass is 10.3. The van der Waals surface area contributed by atoms with Crippen molar-refractivity contribution in [3.63, 3.8) is 0 Å². The first kappa shape index (κ1) is 5.82. The lowest BCUT2D eigenvalue weighted by molar-refractivity contribution is -0.103. The van der Waals surface area contributed by atoms with E-state index in [0.717, 1.165) is 0 Å². The van der Waals surface area contributed by atoms with Crippen molar-refractivity contribution >= 4 is 11.9 Å². The normalized spacial score (nSPS) is 8.89. The summed E-state index contributed by atoms with van der Waals surface area (Å²) in [6.07, 6.45) is 2.17. The molecule has 2 nitrogen and oxygen atoms in total. The van der Waals surface area contributed by atoms with Gasteiger partial charge in [0.1, 0.15) is 5.76 Å². The summed E-state index contributed by atoms with van der Waals surface area (Å²) >= 11 is 0. The van der Waals surface area contributed by atoms with E-state index >= 15 is 0 Å². The first-order valence-electron chi connectivity index (χ1n) is 2.52. The zero-order valence-electron chi connectivity index (χ0n) is 4.83. The van der Waals surface area contributed by atoms with Gasteiger partial charge in [0.05, 0.1) is 6.26 Å². The minimum atomic E-state index is 0.375. The van der Waals surface area contributed by atoms with E-state index in [2.05, 4.69) is 6.58 Å². The number of carbonyl (C=O) groups excluding carboxylic acids is 1. The lowest BCUT2D eigenvalue weighted by Crippen LogP contribution is -1.76. The van der Waals surface area contributed by atoms with Crippen LogP contribution in [-0.4, -0.2) is 6.29 Å². The van der Waals surface area contributed by atoms with E-state index in [1.165, 1.54) is 6.26 Å². The highest BCUT2D eigenvalue weighted by Gasteiger charge is 1.96. The van der Waals surface area contributed by atoms with Crippen LogP contribution < -0.4 is 0 Å². The molecule has 9 heavy (non-hydrogen) atoms. The quantitative estimate of drug-likeness (QED) is 0.439. The molecule has 0 saturated carbocycles. The molecule has 0 radical (unpaired) electrons. The van der Waals surface area contributed by atoms with Gasteiger partial charge >= 0.3 is 0 Å². The van der Waals surface area contributed by atoms with Gasteiger partial charge in [-0.2, -0.15) is 0 Å². The van der Waals surface area contributed by atoms with Gasteiger partial charge in [0.25, 0.3) is 0 Å². The molecule has 0 unspecified atom stereocenters. The monoisotopic (exact) mass is 122 g/mol. The highest BCUT2D eigenvalue weighted by molar-refractivity contribution is 6.04. The number of hydrogen-bond acceptors (Lipinski definition) is 2. The SMILES string of the molecule is C=C(C=O)c1ccco1. The number of rotatable bonds is 2. The van der Waals surface area contributed by atoms with Crippen LogP contribution in [0.2, 0.25) is 0 Å². The third-order valence-corrected chi connectivity index (χ3v) is 0.980. The zero-order chi connectivity index (χ0) is 6.69. The number of allylic oxidation sites excluding steroid dienone is 1. The molecule has 1 aromatic rings. The minimum absolute atomic E-state index is 0.375. The molecule has 1 aromatic heterocycles. The van der Waals surface area contributed by atoms with Crippen LogP contribution in [0.4, 0.5) is 0 Å². The van der Waals surface area contributed by atoms with Crippen molar-refractivity contribution in [1.82, 2.24) is 0 Å². The van der Waals surface area contributed by atoms with Gasteiger partial charge in [-0.3, -0.25) is 4.79 Å². The van der Waals surface area contributed by atoms with Crippen LogP contribution in [0.3, 0.4) is 0 Å². The highest BCUT2D eigenvalue weighted by Crippen LogP contribution is 2.08. The molecular formula is C7H6O2. The van der Waals surface area contributed by atoms with Crippen molar-refractivity contribution < 1.29 is 9.21 Å². The summed E-state index contributed by atoms with van der Waals surface area (Å²) in [5.74, 6) is 0.532. The Balaban J connectivity index is 2.89. The fourth-order valence-electron chi connectivity index (χ4n) is 0.519. The molecule has 1 heterocycles. The first-order valence-corrected chi connectivity index (χ1v) is 2.52. The van der Waals surface area contributed by atoms with Crippen molar-refractivity contribution in [1.29, 1.82) is 0 Å². The molecule has 0 aliphatic heterocycles. The Bertz CT molecular complexity index is 209. The van der Waals surface area contributed by atoms with Gasteiger partial charge in [0.15, 0.2) is 6.29 Å². The van der Waals surface area contributed by atoms with E-state index in [1.54, 1.807) is 12.1 Å². The summed E-state index contributed by atoms with van der Waals surface area (Å²) in [5.41, 5.74) is 0.375. The number of carbonyl (C=O) groups is 1. The largest absolute Gasteiger partial charge is 0.464 e. The first-order chi connectivity index (χ1) is 4.34. The lowest BCUT2D eigenvalue weighted by Gasteiger charge is -1.85. The Kier molecular flexibility index (Phi) is 1.49. The minimum Gasteiger partial charge on any atom is -0.464 e. The van der Waals surface area contributed by atoms with Gasteiger partial charge in [0, 0.05) is 5.57 Å². The fraction of sp³-hybridized carbons (Fsp3) is 0. The summed E-state index contributed by atoms with van der Waals surface area (Å²) in [7, 11) is 0. The van der Waals surface area contributed by atoms with Gasteiger partial charge in [-0.05, 0) is 12.1 Å². The molecule has 0 spiro atoms. The maximum absolute atomic E-state index is 10.0. The second kappa shape index (κ2) is 2.31. The molecule has 0 fully saturated rings. The Morgan fingerprint density at radius 3 is 3.00 bits per heavy atom. The van der Waals surface area contributed by atoms with E-state index in [9.17, 15) is 4.79 Å². The standard InChI is InChI=1S/C7H6O2/c1-6(5-8)7-3-2-4-9-7/h2-5H,1H2. The smallest absolute Gasteiger partial charge is 0.153 e. The van der Waals surface area contributed by atoms with Crippen LogP contribution in [0, 0.1) is 0 Å². The van der Waals surface area contributed by atoms with Gasteiger partial charge in [-0.15, -0.1) is 0 Å². The van der Waals surface area contributed by atoms with Gasteiger partial charge in [-0.1, -0.05) is 6.58 Å². The predicted octanol–water partition coefficient (Wildman–Crippen LogP) is 1.49. The molecule has 0 bridgehead atoms. The molecule has 0 amide bonds. The predicted molar refractivity (Wildman–Crippen MR) is 33.8 cm³/mol. The molecule has 0 N–H and O–H groups in total. The van der Waals surface area contributed by atoms with E-state index in [1.807, 2.05) is 0 Å². The molecule has 0 atom stereocenters. The molecule has 0 aliphatic carbocycles. The van der Waals surface area contributed by atoms with Gasteiger partial charge < -0.3 is 4.42 Å². The molecule has 2 heteroatoms. The summed E-state index contributed by atoms with van der Waals surface area (Å²) in [4.78, 5) is 10.0. The molecule has 0 aromatic carbocycles. The van der Waals surface area contributed by atoms with Crippen molar-refractivity contribution in [2.75, 3.05) is 0 Å². The van der Waals surface area contributed by atoms with Crippen LogP contribution in [0.1, 0.15) is 5.76 Å². The Labute approximate surface area is 52.8 Å². The van der Waals surface area contributed by atoms with Crippen molar-refractivity contribution in [3.8, 4) is 0 Å². The number of aldehydes is 1. The Morgan fingerprint density at radius 1 is 1.78 bits per heavy atom. The Morgan fingerprint density at radius 2 is 2.56 bits per heavy atom. The molecule has 46 valence electrons. The van der Waals surface area contributed by atoms with E-state index in [4.69, 9.17) is 4.42 Å². The summed E-state index contributed by atoms with van der Waals surface area (Å²) in [6.45, 7) is 3.45. The maximum atomic E-state index is 10.0. The number of hydrogen-bond donors (Lipinski definition) is 0. The summed E-state index contributed by atoms with van der Waals surface area (Å²) in [5, 5.41) is 0. The second-order valence-electron chi connectivity index (χ2n) is 1.62. The third-order valence-electron chi connectivity index (χ3n) is 0.980. The van der Waals surface area contributed by atoms with Gasteiger partial charge in [-0.25, -0.2) is 0 Å². The van der Waals surface area contributed by atoms with E-state index in [-0.39, 0.29) is 0 Å². The third kappa shape index (κ3) is 1.08. The van der Waals surface area contributed by atoms with Crippen LogP contribution in [0.5, 0.6) is 0 Å². The summed E-state index contributed by atoms with van der Waals surface area (Å²) in [6, 6.07) is 3.40. The van der Waals surface area contributed by atoms with Crippen molar-refractivity contribution in [3.05, 3.63) is 30.7 Å². The highest BCUT2D eigenvalue weighted by atomic mass is 16.3. The average molecular weight is 122 g/mol. The van der Waals surface area contributed by atoms with E-state index < -0.39 is 0 Å². The van der Waals surface area contributed by atoms with Crippen molar-refractivity contribution in [2.24, 2.45) is 0 Å². The maximum Gasteiger partial charge on any atom is 0.153 e. The average Bonchev–Trinajstić information content (AvgIpc) is 2.37. The Hall–Kier alpha value is -1.31. The van der Waals surface area contributed by atoms with Crippen LogP contribution in [-0.2, 0) is 4.79 Å². The van der Waals surface area contributed by atoms with E-state index in [0.29, 0.717) is 17.6 Å². The second-order valence-corrected chi connectivity index (χ2v) is 1.62. The molecular weight excluding hydrogens is 116 g/mol. The van der Waals surface area contributed by atoms with Crippen LogP contribution >= 0.6 is 0 Å². The zero-order valence-corrected chi connectivity index (χ0v) is 4.83. The van der Waals surface area contributed by atoms with Crippen molar-refractivity contribution in [2.45, 2.75) is 0 Å². The molecule has 1 rings (SSSR count). The molecule has 0 saturated heterocycles. The topological polar surface area (TPSA) is 30.2 Å². The molecule has 0 aliphatic rings. The van der Waals surface area contributed by atoms with Crippen LogP contribution in [0.15, 0.2) is 29.4 Å². The number of furan rings is 1. The van der Waals surface area contributed by atoms with Gasteiger partial charge in [0.2, 0.25) is 0 Å². The summed E-state index contributed by atoms with van der Waals surface area (Å²) < 4.78 is 4.86.